The number of nitrogens with zero attached hydrogens (tertiary/aromatic N) is 3. The van der Waals surface area contributed by atoms with E-state index in [1.165, 1.54) is 11.8 Å². The summed E-state index contributed by atoms with van der Waals surface area (Å²) in [6.07, 6.45) is 0. The number of ether oxygens (including phenoxy) is 1. The monoisotopic (exact) mass is 486 g/mol. The van der Waals surface area contributed by atoms with Crippen molar-refractivity contribution in [2.45, 2.75) is 11.3 Å². The van der Waals surface area contributed by atoms with Crippen LogP contribution in [0.25, 0.3) is 0 Å². The van der Waals surface area contributed by atoms with Gasteiger partial charge in [-0.1, -0.05) is 23.9 Å². The van der Waals surface area contributed by atoms with Crippen molar-refractivity contribution in [3.63, 3.8) is 0 Å². The van der Waals surface area contributed by atoms with Crippen molar-refractivity contribution in [1.82, 2.24) is 4.90 Å². The fraction of sp³-hybridized carbons (Fsp3) is 0.391. The van der Waals surface area contributed by atoms with Gasteiger partial charge in [0.05, 0.1) is 30.3 Å². The zero-order valence-electron chi connectivity index (χ0n) is 18.3. The van der Waals surface area contributed by atoms with Crippen molar-refractivity contribution in [1.29, 1.82) is 0 Å². The van der Waals surface area contributed by atoms with Crippen LogP contribution in [-0.4, -0.2) is 80.5 Å². The Bertz CT molecular complexity index is 1180. The first-order valence-corrected chi connectivity index (χ1v) is 13.6. The van der Waals surface area contributed by atoms with Gasteiger partial charge in [-0.05, 0) is 36.4 Å². The first-order valence-electron chi connectivity index (χ1n) is 10.9. The van der Waals surface area contributed by atoms with Gasteiger partial charge < -0.3 is 19.9 Å². The van der Waals surface area contributed by atoms with Gasteiger partial charge in [-0.25, -0.2) is 8.42 Å². The molecule has 0 bridgehead atoms. The number of sulfone groups is 1. The lowest BCUT2D eigenvalue weighted by molar-refractivity contribution is 0.0746. The number of carbonyl (C=O) groups is 1. The fourth-order valence-corrected chi connectivity index (χ4v) is 8.14. The van der Waals surface area contributed by atoms with E-state index in [-0.39, 0.29) is 28.7 Å². The summed E-state index contributed by atoms with van der Waals surface area (Å²) < 4.78 is 28.9. The number of nitrogens with one attached hydrogen (secondary N) is 1. The van der Waals surface area contributed by atoms with Crippen LogP contribution in [0.4, 0.5) is 11.4 Å². The van der Waals surface area contributed by atoms with Gasteiger partial charge in [0.15, 0.2) is 15.0 Å². The average molecular weight is 487 g/mol. The molecule has 8 nitrogen and oxygen atoms in total. The van der Waals surface area contributed by atoms with E-state index in [1.807, 2.05) is 53.4 Å². The molecule has 3 heterocycles. The highest BCUT2D eigenvalue weighted by Gasteiger charge is 2.42. The molecule has 2 aromatic rings. The highest BCUT2D eigenvalue weighted by atomic mass is 32.2. The van der Waals surface area contributed by atoms with E-state index in [0.29, 0.717) is 18.7 Å². The summed E-state index contributed by atoms with van der Waals surface area (Å²) >= 11 is 1.48. The van der Waals surface area contributed by atoms with Crippen LogP contribution < -0.4 is 15.0 Å². The zero-order valence-corrected chi connectivity index (χ0v) is 19.9. The van der Waals surface area contributed by atoms with Gasteiger partial charge in [-0.2, -0.15) is 0 Å². The molecule has 0 unspecified atom stereocenters. The van der Waals surface area contributed by atoms with Crippen molar-refractivity contribution in [2.75, 3.05) is 55.0 Å². The largest absolute Gasteiger partial charge is 0.495 e. The molecule has 3 aliphatic heterocycles. The predicted octanol–water partition coefficient (Wildman–Crippen LogP) is 2.34. The Hall–Kier alpha value is -2.72. The topological polar surface area (TPSA) is 91.3 Å². The number of amides is 1. The number of rotatable bonds is 4. The first kappa shape index (κ1) is 22.1. The van der Waals surface area contributed by atoms with Crippen LogP contribution in [0.1, 0.15) is 10.4 Å². The summed E-state index contributed by atoms with van der Waals surface area (Å²) in [5.41, 5.74) is 2.54. The third-order valence-electron chi connectivity index (χ3n) is 6.19. The molecule has 33 heavy (non-hydrogen) atoms. The van der Waals surface area contributed by atoms with Crippen molar-refractivity contribution in [3.8, 4) is 5.75 Å². The van der Waals surface area contributed by atoms with Crippen LogP contribution >= 0.6 is 11.8 Å². The molecule has 0 aliphatic carbocycles. The molecule has 10 heteroatoms. The summed E-state index contributed by atoms with van der Waals surface area (Å²) in [5.74, 6) is 1.19. The van der Waals surface area contributed by atoms with Crippen LogP contribution in [0, 0.1) is 0 Å². The maximum absolute atomic E-state index is 13.0. The Kier molecular flexibility index (Phi) is 5.96. The minimum atomic E-state index is -2.96. The summed E-state index contributed by atoms with van der Waals surface area (Å²) in [7, 11) is -1.29. The molecule has 0 aromatic heterocycles. The number of benzene rings is 2. The Labute approximate surface area is 197 Å². The number of anilines is 2. The molecular weight excluding hydrogens is 460 g/mol. The van der Waals surface area contributed by atoms with Crippen molar-refractivity contribution in [2.24, 2.45) is 4.99 Å². The fourth-order valence-electron chi connectivity index (χ4n) is 4.46. The van der Waals surface area contributed by atoms with E-state index in [9.17, 15) is 13.2 Å². The highest BCUT2D eigenvalue weighted by molar-refractivity contribution is 8.15. The third kappa shape index (κ3) is 4.67. The SMILES string of the molecule is COc1ccccc1N1CCN(C(=O)c2ccc(NC3=N[C@H]4CS(=O)(=O)C[C@@H]4S3)cc2)CC1. The molecule has 2 atom stereocenters. The maximum atomic E-state index is 13.0. The predicted molar refractivity (Wildman–Crippen MR) is 132 cm³/mol. The van der Waals surface area contributed by atoms with Crippen LogP contribution in [-0.2, 0) is 9.84 Å². The van der Waals surface area contributed by atoms with E-state index in [0.717, 1.165) is 35.4 Å². The van der Waals surface area contributed by atoms with Crippen LogP contribution in [0.3, 0.4) is 0 Å². The Balaban J connectivity index is 1.17. The second-order valence-electron chi connectivity index (χ2n) is 8.39. The Morgan fingerprint density at radius 1 is 1.06 bits per heavy atom. The smallest absolute Gasteiger partial charge is 0.253 e. The molecule has 3 aliphatic rings. The van der Waals surface area contributed by atoms with Gasteiger partial charge >= 0.3 is 0 Å². The number of amidine groups is 1. The number of hydrogen-bond donors (Lipinski definition) is 1. The van der Waals surface area contributed by atoms with E-state index in [4.69, 9.17) is 4.74 Å². The maximum Gasteiger partial charge on any atom is 0.253 e. The number of fused-ring (bicyclic) bond motifs is 1. The minimum absolute atomic E-state index is 0.00729. The number of hydrogen-bond acceptors (Lipinski definition) is 8. The Morgan fingerprint density at radius 2 is 1.79 bits per heavy atom. The lowest BCUT2D eigenvalue weighted by Crippen LogP contribution is -2.48. The quantitative estimate of drug-likeness (QED) is 0.709. The first-order chi connectivity index (χ1) is 15.9. The number of carbonyl (C=O) groups excluding carboxylic acids is 1. The Morgan fingerprint density at radius 3 is 2.48 bits per heavy atom. The van der Waals surface area contributed by atoms with E-state index >= 15 is 0 Å². The van der Waals surface area contributed by atoms with Gasteiger partial charge in [0.25, 0.3) is 5.91 Å². The third-order valence-corrected chi connectivity index (χ3v) is 9.34. The normalized spacial score (nSPS) is 23.7. The molecule has 1 amide bonds. The van der Waals surface area contributed by atoms with Crippen molar-refractivity contribution < 1.29 is 17.9 Å². The molecule has 2 fully saturated rings. The van der Waals surface area contributed by atoms with Gasteiger partial charge in [0.1, 0.15) is 5.75 Å². The second kappa shape index (κ2) is 8.90. The van der Waals surface area contributed by atoms with E-state index in [1.54, 1.807) is 7.11 Å². The summed E-state index contributed by atoms with van der Waals surface area (Å²) in [6.45, 7) is 2.80. The van der Waals surface area contributed by atoms with Crippen LogP contribution in [0.2, 0.25) is 0 Å². The lowest BCUT2D eigenvalue weighted by atomic mass is 10.1. The number of para-hydroxylation sites is 2. The molecule has 5 rings (SSSR count). The van der Waals surface area contributed by atoms with Crippen molar-refractivity contribution in [3.05, 3.63) is 54.1 Å². The van der Waals surface area contributed by atoms with Gasteiger partial charge in [-0.15, -0.1) is 0 Å². The highest BCUT2D eigenvalue weighted by Crippen LogP contribution is 2.34. The van der Waals surface area contributed by atoms with E-state index < -0.39 is 9.84 Å². The molecule has 1 N–H and O–H groups in total. The molecule has 174 valence electrons. The van der Waals surface area contributed by atoms with Gasteiger partial charge in [0, 0.05) is 42.7 Å². The van der Waals surface area contributed by atoms with Gasteiger partial charge in [-0.3, -0.25) is 9.79 Å². The van der Waals surface area contributed by atoms with E-state index in [2.05, 4.69) is 15.2 Å². The standard InChI is InChI=1S/C23H26N4O4S2/c1-31-20-5-3-2-4-19(20)26-10-12-27(13-11-26)22(28)16-6-8-17(9-7-16)24-23-25-18-14-33(29,30)15-21(18)32-23/h2-9,18,21H,10-15H2,1H3,(H,24,25)/t18-,21-/m0/s1. The number of piperazine rings is 1. The number of aliphatic imine (C=N–C) groups is 1. The average Bonchev–Trinajstić information content (AvgIpc) is 3.31. The number of thioether (sulfide) groups is 1. The lowest BCUT2D eigenvalue weighted by Gasteiger charge is -2.36. The molecular formula is C23H26N4O4S2. The van der Waals surface area contributed by atoms with Crippen LogP contribution in [0.15, 0.2) is 53.5 Å². The summed E-state index contributed by atoms with van der Waals surface area (Å²) in [5, 5.41) is 4.00. The summed E-state index contributed by atoms with van der Waals surface area (Å²) in [4.78, 5) is 21.6. The second-order valence-corrected chi connectivity index (χ2v) is 11.8. The van der Waals surface area contributed by atoms with Crippen molar-refractivity contribution >= 4 is 44.0 Å². The zero-order chi connectivity index (χ0) is 23.0. The minimum Gasteiger partial charge on any atom is -0.495 e. The molecule has 0 spiro atoms. The molecule has 2 aromatic carbocycles. The summed E-state index contributed by atoms with van der Waals surface area (Å²) in [6, 6.07) is 15.2. The van der Waals surface area contributed by atoms with Gasteiger partial charge in [0.2, 0.25) is 0 Å². The molecule has 0 radical (unpaired) electrons. The van der Waals surface area contributed by atoms with Crippen LogP contribution in [0.5, 0.6) is 5.75 Å². The number of methoxy groups -OCH3 is 1. The molecule has 2 saturated heterocycles. The molecule has 0 saturated carbocycles.